The van der Waals surface area contributed by atoms with E-state index >= 15 is 0 Å². The first-order chi connectivity index (χ1) is 10.0. The molecule has 6 nitrogen and oxygen atoms in total. The van der Waals surface area contributed by atoms with E-state index in [4.69, 9.17) is 5.11 Å². The van der Waals surface area contributed by atoms with E-state index in [9.17, 15) is 14.4 Å². The number of hydrogen-bond acceptors (Lipinski definition) is 4. The number of aromatic nitrogens is 1. The summed E-state index contributed by atoms with van der Waals surface area (Å²) in [7, 11) is 0. The van der Waals surface area contributed by atoms with Crippen LogP contribution in [0.3, 0.4) is 0 Å². The summed E-state index contributed by atoms with van der Waals surface area (Å²) in [5.74, 6) is -2.03. The molecule has 0 spiro atoms. The molecule has 1 aromatic carbocycles. The number of carboxylic acids is 1. The maximum absolute atomic E-state index is 11.8. The van der Waals surface area contributed by atoms with Crippen molar-refractivity contribution in [1.82, 2.24) is 10.3 Å². The van der Waals surface area contributed by atoms with Crippen LogP contribution in [-0.4, -0.2) is 27.9 Å². The lowest BCUT2D eigenvalue weighted by Crippen LogP contribution is -2.39. The van der Waals surface area contributed by atoms with Gasteiger partial charge in [0, 0.05) is 18.0 Å². The highest BCUT2D eigenvalue weighted by Crippen LogP contribution is 2.26. The van der Waals surface area contributed by atoms with Crippen LogP contribution in [0.4, 0.5) is 0 Å². The summed E-state index contributed by atoms with van der Waals surface area (Å²) in [5.41, 5.74) is 0.786. The second-order valence-electron chi connectivity index (χ2n) is 4.98. The average molecular weight is 284 g/mol. The molecular formula is C15H12N2O4. The van der Waals surface area contributed by atoms with Gasteiger partial charge in [0.1, 0.15) is 0 Å². The molecule has 0 bridgehead atoms. The Morgan fingerprint density at radius 3 is 2.76 bits per heavy atom. The molecule has 1 atom stereocenters. The van der Waals surface area contributed by atoms with Gasteiger partial charge in [0.15, 0.2) is 0 Å². The normalized spacial score (nSPS) is 18.6. The predicted octanol–water partition coefficient (Wildman–Crippen LogP) is 1.45. The minimum atomic E-state index is -0.994. The quantitative estimate of drug-likeness (QED) is 0.814. The second-order valence-corrected chi connectivity index (χ2v) is 4.98. The topological polar surface area (TPSA) is 96.4 Å². The number of carboxylic acid groups (broad SMARTS) is 1. The van der Waals surface area contributed by atoms with Crippen molar-refractivity contribution in [3.05, 3.63) is 41.7 Å². The maximum atomic E-state index is 11.8. The van der Waals surface area contributed by atoms with Crippen LogP contribution in [0.2, 0.25) is 0 Å². The van der Waals surface area contributed by atoms with Gasteiger partial charge >= 0.3 is 5.97 Å². The van der Waals surface area contributed by atoms with E-state index in [1.807, 2.05) is 0 Å². The lowest BCUT2D eigenvalue weighted by Gasteiger charge is -2.20. The molecule has 1 fully saturated rings. The molecule has 1 unspecified atom stereocenters. The van der Waals surface area contributed by atoms with E-state index in [2.05, 4.69) is 10.3 Å². The minimum absolute atomic E-state index is 0.193. The molecule has 0 saturated carbocycles. The van der Waals surface area contributed by atoms with Gasteiger partial charge in [0.25, 0.3) is 0 Å². The fraction of sp³-hybridized carbons (Fsp3) is 0.200. The van der Waals surface area contributed by atoms with E-state index in [-0.39, 0.29) is 17.4 Å². The molecule has 106 valence electrons. The van der Waals surface area contributed by atoms with E-state index in [1.165, 1.54) is 6.07 Å². The first-order valence-corrected chi connectivity index (χ1v) is 6.51. The number of amides is 2. The van der Waals surface area contributed by atoms with Gasteiger partial charge < -0.3 is 5.11 Å². The number of rotatable bonds is 2. The molecule has 1 saturated heterocycles. The molecular weight excluding hydrogens is 272 g/mol. The standard InChI is InChI=1S/C15H12N2O4/c18-13-4-3-11(14(19)17-13)12-6-8-1-2-9(15(20)21)5-10(8)7-16-12/h1-2,5-7,11H,3-4H2,(H,20,21)(H,17,18,19). The Hall–Kier alpha value is -2.76. The van der Waals surface area contributed by atoms with Gasteiger partial charge in [-0.2, -0.15) is 0 Å². The van der Waals surface area contributed by atoms with Gasteiger partial charge in [-0.25, -0.2) is 4.79 Å². The largest absolute Gasteiger partial charge is 0.478 e. The summed E-state index contributed by atoms with van der Waals surface area (Å²) >= 11 is 0. The number of benzene rings is 1. The molecule has 3 rings (SSSR count). The Kier molecular flexibility index (Phi) is 3.13. The molecule has 0 aliphatic carbocycles. The van der Waals surface area contributed by atoms with E-state index in [1.54, 1.807) is 24.4 Å². The molecule has 0 radical (unpaired) electrons. The minimum Gasteiger partial charge on any atom is -0.478 e. The number of nitrogens with zero attached hydrogens (tertiary/aromatic N) is 1. The van der Waals surface area contributed by atoms with E-state index < -0.39 is 11.9 Å². The van der Waals surface area contributed by atoms with Crippen molar-refractivity contribution in [1.29, 1.82) is 0 Å². The van der Waals surface area contributed by atoms with Crippen molar-refractivity contribution in [3.8, 4) is 0 Å². The average Bonchev–Trinajstić information content (AvgIpc) is 2.46. The van der Waals surface area contributed by atoms with Crippen LogP contribution in [0.15, 0.2) is 30.5 Å². The highest BCUT2D eigenvalue weighted by Gasteiger charge is 2.28. The van der Waals surface area contributed by atoms with E-state index in [0.717, 1.165) is 5.39 Å². The fourth-order valence-electron chi connectivity index (χ4n) is 2.46. The fourth-order valence-corrected chi connectivity index (χ4v) is 2.46. The number of carbonyl (C=O) groups is 3. The number of fused-ring (bicyclic) bond motifs is 1. The van der Waals surface area contributed by atoms with Crippen molar-refractivity contribution in [3.63, 3.8) is 0 Å². The lowest BCUT2D eigenvalue weighted by atomic mass is 9.93. The Morgan fingerprint density at radius 1 is 1.24 bits per heavy atom. The monoisotopic (exact) mass is 284 g/mol. The molecule has 21 heavy (non-hydrogen) atoms. The van der Waals surface area contributed by atoms with Crippen LogP contribution in [0.5, 0.6) is 0 Å². The van der Waals surface area contributed by atoms with Crippen molar-refractivity contribution in [2.45, 2.75) is 18.8 Å². The maximum Gasteiger partial charge on any atom is 0.335 e. The summed E-state index contributed by atoms with van der Waals surface area (Å²) in [6, 6.07) is 6.51. The van der Waals surface area contributed by atoms with Crippen LogP contribution in [-0.2, 0) is 9.59 Å². The molecule has 1 aliphatic rings. The first kappa shape index (κ1) is 13.2. The number of piperidine rings is 1. The first-order valence-electron chi connectivity index (χ1n) is 6.51. The molecule has 1 aromatic heterocycles. The van der Waals surface area contributed by atoms with Crippen molar-refractivity contribution >= 4 is 28.6 Å². The van der Waals surface area contributed by atoms with Crippen molar-refractivity contribution in [2.75, 3.05) is 0 Å². The summed E-state index contributed by atoms with van der Waals surface area (Å²) in [5, 5.41) is 12.8. The van der Waals surface area contributed by atoms with E-state index in [0.29, 0.717) is 23.9 Å². The van der Waals surface area contributed by atoms with Crippen molar-refractivity contribution < 1.29 is 19.5 Å². The number of pyridine rings is 1. The van der Waals surface area contributed by atoms with Gasteiger partial charge in [-0.1, -0.05) is 6.07 Å². The number of carbonyl (C=O) groups excluding carboxylic acids is 2. The molecule has 6 heteroatoms. The summed E-state index contributed by atoms with van der Waals surface area (Å²) in [4.78, 5) is 38.2. The number of aromatic carboxylic acids is 1. The Balaban J connectivity index is 1.98. The third kappa shape index (κ3) is 2.47. The Morgan fingerprint density at radius 2 is 2.05 bits per heavy atom. The number of imide groups is 1. The van der Waals surface area contributed by atoms with Crippen molar-refractivity contribution in [2.24, 2.45) is 0 Å². The number of hydrogen-bond donors (Lipinski definition) is 2. The van der Waals surface area contributed by atoms with Crippen LogP contribution < -0.4 is 5.32 Å². The third-order valence-electron chi connectivity index (χ3n) is 3.59. The summed E-state index contributed by atoms with van der Waals surface area (Å²) < 4.78 is 0. The van der Waals surface area contributed by atoms with Crippen LogP contribution in [0.1, 0.15) is 34.8 Å². The molecule has 2 aromatic rings. The lowest BCUT2D eigenvalue weighted by molar-refractivity contribution is -0.134. The Bertz CT molecular complexity index is 769. The molecule has 2 amide bonds. The van der Waals surface area contributed by atoms with Crippen LogP contribution >= 0.6 is 0 Å². The van der Waals surface area contributed by atoms with Gasteiger partial charge in [-0.3, -0.25) is 19.9 Å². The summed E-state index contributed by atoms with van der Waals surface area (Å²) in [6.45, 7) is 0. The van der Waals surface area contributed by atoms with Gasteiger partial charge in [0.2, 0.25) is 11.8 Å². The van der Waals surface area contributed by atoms with Gasteiger partial charge in [0.05, 0.1) is 17.2 Å². The molecule has 2 heterocycles. The predicted molar refractivity (Wildman–Crippen MR) is 73.8 cm³/mol. The van der Waals surface area contributed by atoms with Crippen LogP contribution in [0, 0.1) is 0 Å². The smallest absolute Gasteiger partial charge is 0.335 e. The zero-order valence-electron chi connectivity index (χ0n) is 11.0. The highest BCUT2D eigenvalue weighted by atomic mass is 16.4. The van der Waals surface area contributed by atoms with Gasteiger partial charge in [-0.15, -0.1) is 0 Å². The molecule has 1 aliphatic heterocycles. The zero-order chi connectivity index (χ0) is 15.0. The Labute approximate surface area is 119 Å². The second kappa shape index (κ2) is 4.97. The molecule has 2 N–H and O–H groups in total. The number of nitrogens with one attached hydrogen (secondary N) is 1. The van der Waals surface area contributed by atoms with Crippen LogP contribution in [0.25, 0.3) is 10.8 Å². The van der Waals surface area contributed by atoms with Gasteiger partial charge in [-0.05, 0) is 30.0 Å². The third-order valence-corrected chi connectivity index (χ3v) is 3.59. The highest BCUT2D eigenvalue weighted by molar-refractivity contribution is 6.01. The summed E-state index contributed by atoms with van der Waals surface area (Å²) in [6.07, 6.45) is 2.30. The zero-order valence-corrected chi connectivity index (χ0v) is 11.0. The SMILES string of the molecule is O=C1CCC(c2cc3ccc(C(=O)O)cc3cn2)C(=O)N1.